The second kappa shape index (κ2) is 4.81. The number of anilines is 1. The fourth-order valence-corrected chi connectivity index (χ4v) is 3.27. The van der Waals surface area contributed by atoms with Gasteiger partial charge >= 0.3 is 0 Å². The van der Waals surface area contributed by atoms with Gasteiger partial charge in [-0.3, -0.25) is 0 Å². The predicted octanol–water partition coefficient (Wildman–Crippen LogP) is 3.78. The number of hydrogen-bond donors (Lipinski definition) is 1. The van der Waals surface area contributed by atoms with Crippen molar-refractivity contribution in [2.45, 2.75) is 45.1 Å². The summed E-state index contributed by atoms with van der Waals surface area (Å²) >= 11 is 5.92. The molecule has 0 radical (unpaired) electrons. The Morgan fingerprint density at radius 3 is 2.65 bits per heavy atom. The Hall–Kier alpha value is -1.48. The molecule has 2 N–H and O–H groups in total. The smallest absolute Gasteiger partial charge is 0.126 e. The van der Waals surface area contributed by atoms with Gasteiger partial charge < -0.3 is 5.73 Å². The van der Waals surface area contributed by atoms with Crippen molar-refractivity contribution >= 4 is 17.4 Å². The number of halogens is 1. The number of nitrogen functional groups attached to an aromatic ring is 1. The Morgan fingerprint density at radius 1 is 1.30 bits per heavy atom. The highest BCUT2D eigenvalue weighted by molar-refractivity contribution is 6.30. The van der Waals surface area contributed by atoms with Crippen molar-refractivity contribution in [2.24, 2.45) is 0 Å². The molecule has 0 bridgehead atoms. The van der Waals surface area contributed by atoms with Gasteiger partial charge in [0.25, 0.3) is 0 Å². The molecule has 2 aromatic rings. The first-order chi connectivity index (χ1) is 9.47. The average molecular weight is 290 g/mol. The maximum absolute atomic E-state index is 6.35. The molecule has 106 valence electrons. The Labute approximate surface area is 124 Å². The Kier molecular flexibility index (Phi) is 3.25. The van der Waals surface area contributed by atoms with E-state index in [4.69, 9.17) is 22.4 Å². The van der Waals surface area contributed by atoms with E-state index in [1.165, 1.54) is 29.7 Å². The Balaban J connectivity index is 1.96. The highest BCUT2D eigenvalue weighted by Gasteiger charge is 2.33. The Morgan fingerprint density at radius 2 is 2.00 bits per heavy atom. The molecule has 0 saturated carbocycles. The molecular weight excluding hydrogens is 270 g/mol. The van der Waals surface area contributed by atoms with E-state index in [1.807, 2.05) is 28.9 Å². The summed E-state index contributed by atoms with van der Waals surface area (Å²) in [4.78, 5) is 0. The first-order valence-corrected chi connectivity index (χ1v) is 7.45. The molecule has 1 heterocycles. The van der Waals surface area contributed by atoms with Crippen molar-refractivity contribution in [3.05, 3.63) is 46.1 Å². The zero-order chi connectivity index (χ0) is 14.3. The first-order valence-electron chi connectivity index (χ1n) is 7.07. The van der Waals surface area contributed by atoms with E-state index in [0.717, 1.165) is 17.3 Å². The zero-order valence-corrected chi connectivity index (χ0v) is 12.7. The van der Waals surface area contributed by atoms with Gasteiger partial charge in [0.2, 0.25) is 0 Å². The van der Waals surface area contributed by atoms with Crippen LogP contribution in [0.4, 0.5) is 5.82 Å². The van der Waals surface area contributed by atoms with E-state index in [0.29, 0.717) is 6.54 Å². The molecule has 0 atom stereocenters. The van der Waals surface area contributed by atoms with Crippen LogP contribution in [-0.4, -0.2) is 9.78 Å². The second-order valence-electron chi connectivity index (χ2n) is 6.23. The van der Waals surface area contributed by atoms with Crippen molar-refractivity contribution in [3.8, 4) is 0 Å². The molecule has 4 heteroatoms. The van der Waals surface area contributed by atoms with Crippen molar-refractivity contribution < 1.29 is 0 Å². The lowest BCUT2D eigenvalue weighted by atomic mass is 9.75. The first kappa shape index (κ1) is 13.5. The average Bonchev–Trinajstić information content (AvgIpc) is 2.70. The number of fused-ring (bicyclic) bond motifs is 1. The molecule has 0 unspecified atom stereocenters. The SMILES string of the molecule is CC1(C)CCCc2nn(Cc3ccc(Cl)cc3)c(N)c21. The molecule has 1 aromatic carbocycles. The third-order valence-corrected chi connectivity index (χ3v) is 4.45. The maximum Gasteiger partial charge on any atom is 0.126 e. The molecule has 3 nitrogen and oxygen atoms in total. The van der Waals surface area contributed by atoms with Crippen LogP contribution in [0.1, 0.15) is 43.5 Å². The highest BCUT2D eigenvalue weighted by Crippen LogP contribution is 2.39. The van der Waals surface area contributed by atoms with E-state index < -0.39 is 0 Å². The molecule has 0 fully saturated rings. The summed E-state index contributed by atoms with van der Waals surface area (Å²) in [6, 6.07) is 7.85. The van der Waals surface area contributed by atoms with Gasteiger partial charge in [-0.2, -0.15) is 5.10 Å². The van der Waals surface area contributed by atoms with Crippen LogP contribution in [0.5, 0.6) is 0 Å². The normalized spacial score (nSPS) is 16.9. The summed E-state index contributed by atoms with van der Waals surface area (Å²) in [7, 11) is 0. The molecule has 1 aromatic heterocycles. The molecule has 3 rings (SSSR count). The molecular formula is C16H20ClN3. The van der Waals surface area contributed by atoms with Crippen molar-refractivity contribution in [1.82, 2.24) is 9.78 Å². The number of nitrogens with two attached hydrogens (primary N) is 1. The summed E-state index contributed by atoms with van der Waals surface area (Å²) in [6.45, 7) is 5.22. The van der Waals surface area contributed by atoms with Gasteiger partial charge in [-0.1, -0.05) is 37.6 Å². The summed E-state index contributed by atoms with van der Waals surface area (Å²) in [5, 5.41) is 5.47. The van der Waals surface area contributed by atoms with Gasteiger partial charge in [0.1, 0.15) is 5.82 Å². The third-order valence-electron chi connectivity index (χ3n) is 4.20. The molecule has 0 amide bonds. The lowest BCUT2D eigenvalue weighted by Crippen LogP contribution is -2.24. The van der Waals surface area contributed by atoms with Gasteiger partial charge in [0.05, 0.1) is 12.2 Å². The van der Waals surface area contributed by atoms with Gasteiger partial charge in [-0.25, -0.2) is 4.68 Å². The van der Waals surface area contributed by atoms with Crippen LogP contribution < -0.4 is 5.73 Å². The van der Waals surface area contributed by atoms with Crippen molar-refractivity contribution in [1.29, 1.82) is 0 Å². The minimum absolute atomic E-state index is 0.135. The maximum atomic E-state index is 6.35. The largest absolute Gasteiger partial charge is 0.384 e. The van der Waals surface area contributed by atoms with Crippen LogP contribution in [0.15, 0.2) is 24.3 Å². The zero-order valence-electron chi connectivity index (χ0n) is 12.0. The molecule has 1 aliphatic carbocycles. The van der Waals surface area contributed by atoms with Crippen LogP contribution in [0.3, 0.4) is 0 Å². The van der Waals surface area contributed by atoms with E-state index in [-0.39, 0.29) is 5.41 Å². The highest BCUT2D eigenvalue weighted by atomic mass is 35.5. The van der Waals surface area contributed by atoms with Crippen LogP contribution in [0.2, 0.25) is 5.02 Å². The quantitative estimate of drug-likeness (QED) is 0.914. The summed E-state index contributed by atoms with van der Waals surface area (Å²) in [5.41, 5.74) is 10.1. The van der Waals surface area contributed by atoms with E-state index in [9.17, 15) is 0 Å². The van der Waals surface area contributed by atoms with Gasteiger partial charge in [-0.05, 0) is 42.4 Å². The molecule has 20 heavy (non-hydrogen) atoms. The monoisotopic (exact) mass is 289 g/mol. The molecule has 0 aliphatic heterocycles. The van der Waals surface area contributed by atoms with Crippen molar-refractivity contribution in [3.63, 3.8) is 0 Å². The lowest BCUT2D eigenvalue weighted by molar-refractivity contribution is 0.432. The lowest BCUT2D eigenvalue weighted by Gasteiger charge is -2.29. The van der Waals surface area contributed by atoms with Gasteiger partial charge in [0.15, 0.2) is 0 Å². The van der Waals surface area contributed by atoms with E-state index in [1.54, 1.807) is 0 Å². The number of aromatic nitrogens is 2. The topological polar surface area (TPSA) is 43.8 Å². The molecule has 0 saturated heterocycles. The number of benzene rings is 1. The predicted molar refractivity (Wildman–Crippen MR) is 83.2 cm³/mol. The summed E-state index contributed by atoms with van der Waals surface area (Å²) in [6.07, 6.45) is 3.41. The molecule has 0 spiro atoms. The minimum Gasteiger partial charge on any atom is -0.384 e. The molecule has 1 aliphatic rings. The number of rotatable bonds is 2. The van der Waals surface area contributed by atoms with Crippen LogP contribution in [0, 0.1) is 0 Å². The number of aryl methyl sites for hydroxylation is 1. The fourth-order valence-electron chi connectivity index (χ4n) is 3.14. The van der Waals surface area contributed by atoms with Gasteiger partial charge in [0, 0.05) is 10.6 Å². The van der Waals surface area contributed by atoms with Crippen LogP contribution >= 0.6 is 11.6 Å². The number of nitrogens with zero attached hydrogens (tertiary/aromatic N) is 2. The van der Waals surface area contributed by atoms with E-state index >= 15 is 0 Å². The Bertz CT molecular complexity index is 626. The van der Waals surface area contributed by atoms with Gasteiger partial charge in [-0.15, -0.1) is 0 Å². The number of hydrogen-bond acceptors (Lipinski definition) is 2. The van der Waals surface area contributed by atoms with Crippen molar-refractivity contribution in [2.75, 3.05) is 5.73 Å². The fraction of sp³-hybridized carbons (Fsp3) is 0.438. The summed E-state index contributed by atoms with van der Waals surface area (Å²) < 4.78 is 1.93. The third kappa shape index (κ3) is 2.31. The second-order valence-corrected chi connectivity index (χ2v) is 6.66. The standard InChI is InChI=1S/C16H20ClN3/c1-16(2)9-3-4-13-14(16)15(18)20(19-13)10-11-5-7-12(17)8-6-11/h5-8H,3-4,9-10,18H2,1-2H3. The summed E-state index contributed by atoms with van der Waals surface area (Å²) in [5.74, 6) is 0.819. The van der Waals surface area contributed by atoms with Crippen LogP contribution in [0.25, 0.3) is 0 Å². The van der Waals surface area contributed by atoms with E-state index in [2.05, 4.69) is 13.8 Å². The van der Waals surface area contributed by atoms with Crippen LogP contribution in [-0.2, 0) is 18.4 Å². The minimum atomic E-state index is 0.135.